The highest BCUT2D eigenvalue weighted by atomic mass is 16.5. The first-order chi connectivity index (χ1) is 15.3. The highest BCUT2D eigenvalue weighted by molar-refractivity contribution is 5.94. The molecule has 0 aliphatic heterocycles. The summed E-state index contributed by atoms with van der Waals surface area (Å²) >= 11 is 0. The van der Waals surface area contributed by atoms with Crippen molar-refractivity contribution in [2.45, 2.75) is 38.2 Å². The highest BCUT2D eigenvalue weighted by Gasteiger charge is 2.16. The third-order valence-electron chi connectivity index (χ3n) is 5.95. The van der Waals surface area contributed by atoms with Crippen molar-refractivity contribution < 1.29 is 4.74 Å². The Morgan fingerprint density at radius 1 is 0.903 bits per heavy atom. The second-order valence-electron chi connectivity index (χ2n) is 8.10. The molecule has 5 aromatic rings. The molecule has 5 aromatic heterocycles. The van der Waals surface area contributed by atoms with Crippen LogP contribution in [0.3, 0.4) is 0 Å². The van der Waals surface area contributed by atoms with Crippen LogP contribution >= 0.6 is 0 Å². The van der Waals surface area contributed by atoms with Crippen LogP contribution in [0.25, 0.3) is 44.6 Å². The van der Waals surface area contributed by atoms with E-state index in [4.69, 9.17) is 9.72 Å². The predicted octanol–water partition coefficient (Wildman–Crippen LogP) is 5.27. The Morgan fingerprint density at radius 3 is 2.74 bits per heavy atom. The van der Waals surface area contributed by atoms with Crippen molar-refractivity contribution in [3.8, 4) is 28.4 Å². The highest BCUT2D eigenvalue weighted by Crippen LogP contribution is 2.30. The summed E-state index contributed by atoms with van der Waals surface area (Å²) in [5.74, 6) is 0.807. The molecule has 7 nitrogen and oxygen atoms in total. The van der Waals surface area contributed by atoms with Crippen molar-refractivity contribution in [1.82, 2.24) is 30.1 Å². The van der Waals surface area contributed by atoms with Crippen molar-refractivity contribution >= 4 is 21.9 Å². The monoisotopic (exact) mass is 410 g/mol. The number of ether oxygens (including phenoxy) is 1. The Hall–Kier alpha value is -3.74. The maximum atomic E-state index is 6.20. The third kappa shape index (κ3) is 3.42. The van der Waals surface area contributed by atoms with E-state index in [9.17, 15) is 0 Å². The van der Waals surface area contributed by atoms with E-state index in [0.29, 0.717) is 6.10 Å². The molecule has 0 unspecified atom stereocenters. The van der Waals surface area contributed by atoms with E-state index in [1.54, 1.807) is 12.4 Å². The Bertz CT molecular complexity index is 1330. The zero-order chi connectivity index (χ0) is 20.6. The molecule has 2 N–H and O–H groups in total. The van der Waals surface area contributed by atoms with E-state index in [1.165, 1.54) is 19.3 Å². The van der Waals surface area contributed by atoms with E-state index >= 15 is 0 Å². The van der Waals surface area contributed by atoms with Gasteiger partial charge in [0, 0.05) is 23.3 Å². The quantitative estimate of drug-likeness (QED) is 0.421. The smallest absolute Gasteiger partial charge is 0.138 e. The van der Waals surface area contributed by atoms with Gasteiger partial charge in [0.15, 0.2) is 0 Å². The maximum Gasteiger partial charge on any atom is 0.138 e. The molecule has 6 rings (SSSR count). The fourth-order valence-electron chi connectivity index (χ4n) is 4.35. The normalized spacial score (nSPS) is 15.0. The minimum Gasteiger partial charge on any atom is -0.489 e. The van der Waals surface area contributed by atoms with Gasteiger partial charge in [-0.25, -0.2) is 4.98 Å². The Morgan fingerprint density at radius 2 is 1.84 bits per heavy atom. The number of hydrogen-bond donors (Lipinski definition) is 2. The number of pyridine rings is 3. The molecule has 0 amide bonds. The van der Waals surface area contributed by atoms with Gasteiger partial charge in [-0.2, -0.15) is 5.10 Å². The van der Waals surface area contributed by atoms with Gasteiger partial charge in [0.2, 0.25) is 0 Å². The second-order valence-corrected chi connectivity index (χ2v) is 8.10. The number of H-pyrrole nitrogens is 2. The van der Waals surface area contributed by atoms with E-state index in [1.807, 2.05) is 36.7 Å². The molecule has 1 saturated carbocycles. The number of aromatic amines is 2. The third-order valence-corrected chi connectivity index (χ3v) is 5.95. The first kappa shape index (κ1) is 18.1. The molecule has 1 fully saturated rings. The Balaban J connectivity index is 1.36. The number of nitrogens with zero attached hydrogens (tertiary/aromatic N) is 4. The number of fused-ring (bicyclic) bond motifs is 2. The van der Waals surface area contributed by atoms with E-state index < -0.39 is 0 Å². The Labute approximate surface area is 178 Å². The van der Waals surface area contributed by atoms with Crippen LogP contribution in [0, 0.1) is 0 Å². The second kappa shape index (κ2) is 7.50. The summed E-state index contributed by atoms with van der Waals surface area (Å²) in [6.45, 7) is 0. The fraction of sp³-hybridized carbons (Fsp3) is 0.250. The van der Waals surface area contributed by atoms with Gasteiger partial charge in [-0.15, -0.1) is 0 Å². The molecule has 7 heteroatoms. The summed E-state index contributed by atoms with van der Waals surface area (Å²) in [6.07, 6.45) is 13.5. The first-order valence-electron chi connectivity index (χ1n) is 10.7. The lowest BCUT2D eigenvalue weighted by molar-refractivity contribution is 0.154. The zero-order valence-electron chi connectivity index (χ0n) is 17.0. The van der Waals surface area contributed by atoms with Gasteiger partial charge in [-0.05, 0) is 56.0 Å². The molecule has 0 radical (unpaired) electrons. The lowest BCUT2D eigenvalue weighted by atomic mass is 9.98. The molecule has 0 spiro atoms. The van der Waals surface area contributed by atoms with Gasteiger partial charge >= 0.3 is 0 Å². The van der Waals surface area contributed by atoms with Crippen LogP contribution in [0.5, 0.6) is 5.75 Å². The lowest BCUT2D eigenvalue weighted by Crippen LogP contribution is -2.19. The van der Waals surface area contributed by atoms with Gasteiger partial charge in [0.05, 0.1) is 40.9 Å². The van der Waals surface area contributed by atoms with Gasteiger partial charge in [-0.3, -0.25) is 15.1 Å². The van der Waals surface area contributed by atoms with E-state index in [2.05, 4.69) is 31.2 Å². The van der Waals surface area contributed by atoms with Crippen molar-refractivity contribution in [3.05, 3.63) is 55.1 Å². The van der Waals surface area contributed by atoms with Crippen molar-refractivity contribution in [3.63, 3.8) is 0 Å². The summed E-state index contributed by atoms with van der Waals surface area (Å²) in [6, 6.07) is 10.1. The summed E-state index contributed by atoms with van der Waals surface area (Å²) in [4.78, 5) is 16.9. The number of rotatable bonds is 4. The van der Waals surface area contributed by atoms with Crippen LogP contribution in [0.2, 0.25) is 0 Å². The van der Waals surface area contributed by atoms with E-state index in [0.717, 1.165) is 63.2 Å². The van der Waals surface area contributed by atoms with Crippen LogP contribution < -0.4 is 4.74 Å². The largest absolute Gasteiger partial charge is 0.489 e. The van der Waals surface area contributed by atoms with Crippen molar-refractivity contribution in [1.29, 1.82) is 0 Å². The van der Waals surface area contributed by atoms with Gasteiger partial charge in [0.1, 0.15) is 17.0 Å². The molecule has 0 atom stereocenters. The lowest BCUT2D eigenvalue weighted by Gasteiger charge is -2.22. The zero-order valence-corrected chi connectivity index (χ0v) is 17.0. The van der Waals surface area contributed by atoms with Crippen LogP contribution in [0.1, 0.15) is 32.1 Å². The minimum atomic E-state index is 0.290. The molecule has 5 heterocycles. The SMILES string of the molecule is c1cc2cc(-c3n[nH]c4ccc(-c5cncc(OC6CCCCC6)c5)nc34)[nH]c2cn1. The summed E-state index contributed by atoms with van der Waals surface area (Å²) in [5, 5.41) is 8.69. The molecule has 0 saturated heterocycles. The molecule has 0 aromatic carbocycles. The summed E-state index contributed by atoms with van der Waals surface area (Å²) in [7, 11) is 0. The summed E-state index contributed by atoms with van der Waals surface area (Å²) < 4.78 is 6.20. The van der Waals surface area contributed by atoms with Crippen LogP contribution in [0.15, 0.2) is 55.1 Å². The molecule has 0 bridgehead atoms. The molecule has 31 heavy (non-hydrogen) atoms. The number of nitrogens with one attached hydrogen (secondary N) is 2. The van der Waals surface area contributed by atoms with Crippen LogP contribution in [0.4, 0.5) is 0 Å². The van der Waals surface area contributed by atoms with Crippen molar-refractivity contribution in [2.24, 2.45) is 0 Å². The number of aromatic nitrogens is 6. The fourth-order valence-corrected chi connectivity index (χ4v) is 4.35. The van der Waals surface area contributed by atoms with Gasteiger partial charge in [0.25, 0.3) is 0 Å². The molecular weight excluding hydrogens is 388 g/mol. The van der Waals surface area contributed by atoms with Gasteiger partial charge in [-0.1, -0.05) is 6.42 Å². The predicted molar refractivity (Wildman–Crippen MR) is 120 cm³/mol. The molecule has 1 aliphatic rings. The van der Waals surface area contributed by atoms with Crippen LogP contribution in [-0.4, -0.2) is 36.2 Å². The molecular formula is C24H22N6O. The topological polar surface area (TPSA) is 92.4 Å². The number of hydrogen-bond acceptors (Lipinski definition) is 5. The molecule has 154 valence electrons. The minimum absolute atomic E-state index is 0.290. The first-order valence-corrected chi connectivity index (χ1v) is 10.7. The maximum absolute atomic E-state index is 6.20. The van der Waals surface area contributed by atoms with E-state index in [-0.39, 0.29) is 0 Å². The van der Waals surface area contributed by atoms with Crippen molar-refractivity contribution in [2.75, 3.05) is 0 Å². The average Bonchev–Trinajstić information content (AvgIpc) is 3.43. The average molecular weight is 410 g/mol. The molecule has 1 aliphatic carbocycles. The summed E-state index contributed by atoms with van der Waals surface area (Å²) in [5.41, 5.74) is 6.15. The standard InChI is InChI=1S/C24H22N6O/c1-2-4-17(5-3-1)31-18-10-16(12-26-13-18)19-6-7-20-23(28-19)24(30-29-20)21-11-15-8-9-25-14-22(15)27-21/h6-14,17,27H,1-5H2,(H,29,30). The Kier molecular flexibility index (Phi) is 4.37. The van der Waals surface area contributed by atoms with Crippen LogP contribution in [-0.2, 0) is 0 Å². The van der Waals surface area contributed by atoms with Gasteiger partial charge < -0.3 is 9.72 Å².